The highest BCUT2D eigenvalue weighted by Crippen LogP contribution is 2.35. The van der Waals surface area contributed by atoms with Crippen LogP contribution in [0.1, 0.15) is 30.0 Å². The minimum Gasteiger partial charge on any atom is -0.342 e. The molecule has 2 unspecified atom stereocenters. The summed E-state index contributed by atoms with van der Waals surface area (Å²) in [7, 11) is 0. The highest BCUT2D eigenvalue weighted by Gasteiger charge is 2.41. The van der Waals surface area contributed by atoms with Gasteiger partial charge in [-0.25, -0.2) is 9.18 Å². The number of carbonyl (C=O) groups excluding carboxylic acids is 3. The largest absolute Gasteiger partial charge is 0.342 e. The Hall–Kier alpha value is -3.49. The summed E-state index contributed by atoms with van der Waals surface area (Å²) in [6, 6.07) is 9.44. The molecule has 3 atom stereocenters. The van der Waals surface area contributed by atoms with Gasteiger partial charge < -0.3 is 14.8 Å². The third-order valence-electron chi connectivity index (χ3n) is 6.55. The lowest BCUT2D eigenvalue weighted by molar-refractivity contribution is -0.137. The first-order valence-electron chi connectivity index (χ1n) is 10.7. The van der Waals surface area contributed by atoms with Gasteiger partial charge in [-0.05, 0) is 36.1 Å². The van der Waals surface area contributed by atoms with E-state index in [2.05, 4.69) is 5.32 Å². The van der Waals surface area contributed by atoms with Gasteiger partial charge in [0.2, 0.25) is 5.91 Å². The van der Waals surface area contributed by atoms with Crippen LogP contribution in [0.2, 0.25) is 0 Å². The number of imide groups is 1. The normalized spacial score (nSPS) is 24.3. The van der Waals surface area contributed by atoms with Gasteiger partial charge in [0.1, 0.15) is 11.9 Å². The lowest BCUT2D eigenvalue weighted by atomic mass is 9.83. The van der Waals surface area contributed by atoms with E-state index in [0.29, 0.717) is 25.2 Å². The summed E-state index contributed by atoms with van der Waals surface area (Å²) in [6.07, 6.45) is 0.805. The Morgan fingerprint density at radius 2 is 1.88 bits per heavy atom. The van der Waals surface area contributed by atoms with Crippen molar-refractivity contribution in [2.24, 2.45) is 5.92 Å². The fourth-order valence-corrected chi connectivity index (χ4v) is 5.09. The molecule has 0 spiro atoms. The number of urea groups is 1. The maximum Gasteiger partial charge on any atom is 0.325 e. The van der Waals surface area contributed by atoms with Crippen LogP contribution in [-0.2, 0) is 22.7 Å². The molecule has 2 saturated heterocycles. The lowest BCUT2D eigenvalue weighted by Crippen LogP contribution is -2.50. The van der Waals surface area contributed by atoms with E-state index in [1.165, 1.54) is 18.2 Å². The summed E-state index contributed by atoms with van der Waals surface area (Å²) < 4.78 is 15.2. The molecule has 3 aliphatic heterocycles. The van der Waals surface area contributed by atoms with Crippen molar-refractivity contribution in [2.75, 3.05) is 13.1 Å². The van der Waals surface area contributed by atoms with Gasteiger partial charge in [-0.15, -0.1) is 0 Å². The Morgan fingerprint density at radius 1 is 1.06 bits per heavy atom. The van der Waals surface area contributed by atoms with Crippen LogP contribution in [0.25, 0.3) is 0 Å². The lowest BCUT2D eigenvalue weighted by Gasteiger charge is -2.43. The molecule has 5 rings (SSSR count). The molecule has 0 aliphatic carbocycles. The van der Waals surface area contributed by atoms with Gasteiger partial charge in [0.15, 0.2) is 0 Å². The molecular formula is C23H23FN4O4. The van der Waals surface area contributed by atoms with Crippen LogP contribution >= 0.6 is 0 Å². The number of pyridine rings is 1. The Balaban J connectivity index is 1.25. The van der Waals surface area contributed by atoms with Crippen LogP contribution < -0.4 is 10.9 Å². The molecule has 4 amide bonds. The third kappa shape index (κ3) is 3.68. The first-order valence-corrected chi connectivity index (χ1v) is 10.7. The number of halogens is 1. The number of aromatic nitrogens is 1. The first-order chi connectivity index (χ1) is 15.4. The number of carbonyl (C=O) groups is 3. The molecule has 1 N–H and O–H groups in total. The monoisotopic (exact) mass is 438 g/mol. The van der Waals surface area contributed by atoms with Crippen molar-refractivity contribution < 1.29 is 18.8 Å². The van der Waals surface area contributed by atoms with Crippen molar-refractivity contribution in [3.05, 3.63) is 69.9 Å². The number of amides is 4. The van der Waals surface area contributed by atoms with Crippen molar-refractivity contribution >= 4 is 17.8 Å². The predicted octanol–water partition coefficient (Wildman–Crippen LogP) is 1.44. The average molecular weight is 438 g/mol. The van der Waals surface area contributed by atoms with Gasteiger partial charge in [-0.1, -0.05) is 18.2 Å². The molecule has 2 aromatic rings. The van der Waals surface area contributed by atoms with Crippen molar-refractivity contribution in [1.29, 1.82) is 0 Å². The van der Waals surface area contributed by atoms with Gasteiger partial charge in [0, 0.05) is 37.3 Å². The van der Waals surface area contributed by atoms with Crippen LogP contribution in [0.15, 0.2) is 47.3 Å². The van der Waals surface area contributed by atoms with Crippen LogP contribution in [0.5, 0.6) is 0 Å². The smallest absolute Gasteiger partial charge is 0.325 e. The average Bonchev–Trinajstić information content (AvgIpc) is 3.02. The molecule has 2 fully saturated rings. The van der Waals surface area contributed by atoms with E-state index >= 15 is 0 Å². The number of hydrogen-bond donors (Lipinski definition) is 1. The molecule has 9 heteroatoms. The zero-order valence-corrected chi connectivity index (χ0v) is 17.4. The molecule has 1 aromatic heterocycles. The van der Waals surface area contributed by atoms with E-state index < -0.39 is 23.8 Å². The number of likely N-dealkylation sites (tertiary alicyclic amines) is 1. The van der Waals surface area contributed by atoms with Gasteiger partial charge in [-0.3, -0.25) is 19.3 Å². The third-order valence-corrected chi connectivity index (χ3v) is 6.55. The molecule has 3 aliphatic rings. The van der Waals surface area contributed by atoms with Crippen molar-refractivity contribution in [3.63, 3.8) is 0 Å². The molecule has 8 nitrogen and oxygen atoms in total. The van der Waals surface area contributed by atoms with Crippen LogP contribution in [-0.4, -0.2) is 51.3 Å². The standard InChI is InChI=1S/C23H23FN4O4/c24-17-4-1-3-14(8-17)11-28-22(31)18(25-23(28)32)9-21(30)26-10-15-7-16(13-26)19-5-2-6-20(29)27(19)12-15/h1-6,8,15-16,18H,7,9-13H2,(H,25,32)/t15?,16?,18-/m0/s1. The minimum atomic E-state index is -0.930. The predicted molar refractivity (Wildman–Crippen MR) is 112 cm³/mol. The van der Waals surface area contributed by atoms with Gasteiger partial charge in [0.25, 0.3) is 11.5 Å². The van der Waals surface area contributed by atoms with Crippen LogP contribution in [0.3, 0.4) is 0 Å². The number of hydrogen-bond acceptors (Lipinski definition) is 4. The Kier molecular flexibility index (Phi) is 5.03. The minimum absolute atomic E-state index is 0.0189. The number of nitrogens with one attached hydrogen (secondary N) is 1. The molecule has 0 saturated carbocycles. The van der Waals surface area contributed by atoms with E-state index in [4.69, 9.17) is 0 Å². The number of benzene rings is 1. The first kappa shape index (κ1) is 20.4. The molecule has 4 heterocycles. The Labute approximate surface area is 183 Å². The van der Waals surface area contributed by atoms with E-state index in [9.17, 15) is 23.6 Å². The van der Waals surface area contributed by atoms with Crippen LogP contribution in [0, 0.1) is 11.7 Å². The summed E-state index contributed by atoms with van der Waals surface area (Å²) in [5.41, 5.74) is 1.42. The molecule has 2 bridgehead atoms. The molecular weight excluding hydrogens is 415 g/mol. The quantitative estimate of drug-likeness (QED) is 0.732. The van der Waals surface area contributed by atoms with Crippen molar-refractivity contribution in [1.82, 2.24) is 19.7 Å². The maximum absolute atomic E-state index is 13.4. The van der Waals surface area contributed by atoms with E-state index in [0.717, 1.165) is 17.0 Å². The van der Waals surface area contributed by atoms with Crippen molar-refractivity contribution in [2.45, 2.75) is 37.9 Å². The summed E-state index contributed by atoms with van der Waals surface area (Å²) >= 11 is 0. The zero-order chi connectivity index (χ0) is 22.4. The van der Waals surface area contributed by atoms with Gasteiger partial charge in [0.05, 0.1) is 13.0 Å². The van der Waals surface area contributed by atoms with E-state index in [1.54, 1.807) is 27.7 Å². The second kappa shape index (κ2) is 7.89. The number of rotatable bonds is 4. The highest BCUT2D eigenvalue weighted by atomic mass is 19.1. The maximum atomic E-state index is 13.4. The van der Waals surface area contributed by atoms with Gasteiger partial charge >= 0.3 is 6.03 Å². The van der Waals surface area contributed by atoms with E-state index in [1.807, 2.05) is 6.07 Å². The summed E-state index contributed by atoms with van der Waals surface area (Å²) in [6.45, 7) is 1.54. The van der Waals surface area contributed by atoms with E-state index in [-0.39, 0.29) is 36.3 Å². The SMILES string of the molecule is O=C(C[C@@H]1NC(=O)N(Cc2cccc(F)c2)C1=O)N1CC2CC(C1)c1cccc(=O)n1C2. The number of fused-ring (bicyclic) bond motifs is 4. The highest BCUT2D eigenvalue weighted by molar-refractivity contribution is 6.05. The number of piperidine rings is 1. The molecule has 166 valence electrons. The molecule has 0 radical (unpaired) electrons. The molecule has 32 heavy (non-hydrogen) atoms. The second-order valence-corrected chi connectivity index (χ2v) is 8.76. The van der Waals surface area contributed by atoms with Crippen molar-refractivity contribution in [3.8, 4) is 0 Å². The van der Waals surface area contributed by atoms with Gasteiger partial charge in [-0.2, -0.15) is 0 Å². The zero-order valence-electron chi connectivity index (χ0n) is 17.4. The fourth-order valence-electron chi connectivity index (χ4n) is 5.09. The fraction of sp³-hybridized carbons (Fsp3) is 0.391. The second-order valence-electron chi connectivity index (χ2n) is 8.76. The Bertz CT molecular complexity index is 1160. The number of nitrogens with zero attached hydrogens (tertiary/aromatic N) is 3. The summed E-state index contributed by atoms with van der Waals surface area (Å²) in [5, 5.41) is 2.58. The topological polar surface area (TPSA) is 91.7 Å². The summed E-state index contributed by atoms with van der Waals surface area (Å²) in [4.78, 5) is 53.0. The molecule has 1 aromatic carbocycles. The van der Waals surface area contributed by atoms with Crippen LogP contribution in [0.4, 0.5) is 9.18 Å². The summed E-state index contributed by atoms with van der Waals surface area (Å²) in [5.74, 6) is -0.859. The Morgan fingerprint density at radius 3 is 2.69 bits per heavy atom.